The minimum absolute atomic E-state index is 0.0429. The fraction of sp³-hybridized carbons (Fsp3) is 0.318. The van der Waals surface area contributed by atoms with Crippen molar-refractivity contribution in [1.82, 2.24) is 4.98 Å². The number of esters is 1. The number of hydrogen-bond acceptors (Lipinski definition) is 6. The molecule has 2 aromatic carbocycles. The van der Waals surface area contributed by atoms with Crippen LogP contribution in [0.3, 0.4) is 0 Å². The molecule has 3 aromatic rings. The minimum Gasteiger partial charge on any atom is -0.468 e. The van der Waals surface area contributed by atoms with Crippen molar-refractivity contribution in [2.24, 2.45) is 0 Å². The Morgan fingerprint density at radius 3 is 2.52 bits per heavy atom. The third-order valence-electron chi connectivity index (χ3n) is 4.45. The molecule has 3 rings (SSSR count). The van der Waals surface area contributed by atoms with E-state index in [1.54, 1.807) is 4.90 Å². The summed E-state index contributed by atoms with van der Waals surface area (Å²) >= 11 is 2.89. The zero-order chi connectivity index (χ0) is 20.8. The van der Waals surface area contributed by atoms with E-state index in [9.17, 15) is 9.59 Å². The van der Waals surface area contributed by atoms with Gasteiger partial charge in [0.15, 0.2) is 5.13 Å². The van der Waals surface area contributed by atoms with Gasteiger partial charge in [0, 0.05) is 12.2 Å². The van der Waals surface area contributed by atoms with Gasteiger partial charge in [-0.2, -0.15) is 0 Å². The lowest BCUT2D eigenvalue weighted by molar-refractivity contribution is -0.137. The van der Waals surface area contributed by atoms with Crippen molar-refractivity contribution in [1.29, 1.82) is 0 Å². The van der Waals surface area contributed by atoms with Crippen LogP contribution in [0.4, 0.5) is 10.8 Å². The molecule has 0 fully saturated rings. The average Bonchev–Trinajstić information content (AvgIpc) is 3.15. The lowest BCUT2D eigenvalue weighted by Gasteiger charge is -2.20. The number of amides is 1. The van der Waals surface area contributed by atoms with Gasteiger partial charge in [-0.25, -0.2) is 4.98 Å². The number of thioether (sulfide) groups is 1. The maximum Gasteiger partial charge on any atom is 0.315 e. The van der Waals surface area contributed by atoms with Crippen molar-refractivity contribution in [2.75, 3.05) is 23.5 Å². The highest BCUT2D eigenvalue weighted by Gasteiger charge is 2.22. The van der Waals surface area contributed by atoms with Gasteiger partial charge in [-0.1, -0.05) is 49.4 Å². The molecule has 7 heteroatoms. The average molecular weight is 429 g/mol. The van der Waals surface area contributed by atoms with Crippen molar-refractivity contribution in [3.63, 3.8) is 0 Å². The summed E-state index contributed by atoms with van der Waals surface area (Å²) in [5.74, 6) is 0.881. The van der Waals surface area contributed by atoms with E-state index in [2.05, 4.69) is 35.7 Å². The van der Waals surface area contributed by atoms with E-state index in [-0.39, 0.29) is 17.6 Å². The molecule has 0 saturated heterocycles. The van der Waals surface area contributed by atoms with Crippen molar-refractivity contribution in [2.45, 2.75) is 26.2 Å². The molecule has 1 aromatic heterocycles. The number of hydrogen-bond donors (Lipinski definition) is 0. The van der Waals surface area contributed by atoms with Crippen LogP contribution in [0.5, 0.6) is 0 Å². The Morgan fingerprint density at radius 1 is 1.14 bits per heavy atom. The van der Waals surface area contributed by atoms with Gasteiger partial charge in [0.1, 0.15) is 0 Å². The number of ether oxygens (including phenoxy) is 1. The number of anilines is 2. The molecule has 1 heterocycles. The van der Waals surface area contributed by atoms with Gasteiger partial charge in [0.05, 0.1) is 28.8 Å². The Balaban J connectivity index is 1.84. The molecule has 0 spiro atoms. The molecule has 0 radical (unpaired) electrons. The molecule has 5 nitrogen and oxygen atoms in total. The molecule has 0 atom stereocenters. The van der Waals surface area contributed by atoms with Crippen LogP contribution < -0.4 is 4.90 Å². The van der Waals surface area contributed by atoms with E-state index in [0.717, 1.165) is 15.9 Å². The summed E-state index contributed by atoms with van der Waals surface area (Å²) in [5, 5.41) is 0.659. The first-order valence-corrected chi connectivity index (χ1v) is 11.4. The summed E-state index contributed by atoms with van der Waals surface area (Å²) in [6.45, 7) is 4.29. The van der Waals surface area contributed by atoms with E-state index in [0.29, 0.717) is 23.2 Å². The summed E-state index contributed by atoms with van der Waals surface area (Å²) in [7, 11) is 1.36. The summed E-state index contributed by atoms with van der Waals surface area (Å²) < 4.78 is 5.68. The summed E-state index contributed by atoms with van der Waals surface area (Å²) in [5.41, 5.74) is 2.90. The predicted molar refractivity (Wildman–Crippen MR) is 121 cm³/mol. The van der Waals surface area contributed by atoms with Crippen molar-refractivity contribution in [3.8, 4) is 0 Å². The van der Waals surface area contributed by atoms with Crippen molar-refractivity contribution >= 4 is 56.0 Å². The second kappa shape index (κ2) is 9.89. The molecule has 0 unspecified atom stereocenters. The number of methoxy groups -OCH3 is 1. The van der Waals surface area contributed by atoms with E-state index < -0.39 is 0 Å². The number of fused-ring (bicyclic) bond motifs is 1. The Labute approximate surface area is 179 Å². The van der Waals surface area contributed by atoms with Crippen LogP contribution in [-0.4, -0.2) is 35.5 Å². The van der Waals surface area contributed by atoms with Gasteiger partial charge in [0.2, 0.25) is 5.91 Å². The van der Waals surface area contributed by atoms with Crippen LogP contribution >= 0.6 is 23.1 Å². The van der Waals surface area contributed by atoms with Crippen LogP contribution in [0.2, 0.25) is 0 Å². The molecule has 0 aliphatic carbocycles. The molecule has 0 aliphatic heterocycles. The van der Waals surface area contributed by atoms with Crippen LogP contribution in [0, 0.1) is 0 Å². The van der Waals surface area contributed by atoms with E-state index in [1.807, 2.05) is 36.4 Å². The Bertz CT molecular complexity index is 950. The molecular formula is C22H24N2O3S2. The number of carbonyl (C=O) groups is 2. The van der Waals surface area contributed by atoms with Gasteiger partial charge in [-0.05, 0) is 35.7 Å². The molecular weight excluding hydrogens is 404 g/mol. The first kappa shape index (κ1) is 21.3. The molecule has 0 aliphatic rings. The number of thiazole rings is 1. The standard InChI is InChI=1S/C22H24N2O3S2/c1-15(2)16-8-10-17(11-9-16)24(20(25)12-13-28-14-21(26)27-3)22-23-18-6-4-5-7-19(18)29-22/h4-11,15H,12-14H2,1-3H3. The SMILES string of the molecule is COC(=O)CSCCC(=O)N(c1ccc(C(C)C)cc1)c1nc2ccccc2s1. The molecule has 29 heavy (non-hydrogen) atoms. The maximum absolute atomic E-state index is 13.1. The molecule has 1 amide bonds. The maximum atomic E-state index is 13.1. The molecule has 0 N–H and O–H groups in total. The first-order valence-electron chi connectivity index (χ1n) is 9.42. The largest absolute Gasteiger partial charge is 0.468 e. The number of carbonyl (C=O) groups excluding carboxylic acids is 2. The van der Waals surface area contributed by atoms with Crippen LogP contribution in [-0.2, 0) is 14.3 Å². The highest BCUT2D eigenvalue weighted by molar-refractivity contribution is 7.99. The zero-order valence-electron chi connectivity index (χ0n) is 16.8. The molecule has 0 saturated carbocycles. The summed E-state index contributed by atoms with van der Waals surface area (Å²) in [4.78, 5) is 30.8. The van der Waals surface area contributed by atoms with Gasteiger partial charge in [-0.3, -0.25) is 14.5 Å². The van der Waals surface area contributed by atoms with Gasteiger partial charge >= 0.3 is 5.97 Å². The first-order chi connectivity index (χ1) is 14.0. The lowest BCUT2D eigenvalue weighted by Crippen LogP contribution is -2.26. The van der Waals surface area contributed by atoms with Gasteiger partial charge < -0.3 is 4.74 Å². The monoisotopic (exact) mass is 428 g/mol. The Hall–Kier alpha value is -2.38. The summed E-state index contributed by atoms with van der Waals surface area (Å²) in [6, 6.07) is 15.9. The van der Waals surface area contributed by atoms with E-state index in [4.69, 9.17) is 0 Å². The van der Waals surface area contributed by atoms with Gasteiger partial charge in [0.25, 0.3) is 0 Å². The van der Waals surface area contributed by atoms with E-state index >= 15 is 0 Å². The smallest absolute Gasteiger partial charge is 0.315 e. The normalized spacial score (nSPS) is 11.0. The fourth-order valence-electron chi connectivity index (χ4n) is 2.81. The fourth-order valence-corrected chi connectivity index (χ4v) is 4.56. The predicted octanol–water partition coefficient (Wildman–Crippen LogP) is 5.38. The van der Waals surface area contributed by atoms with Crippen molar-refractivity contribution < 1.29 is 14.3 Å². The summed E-state index contributed by atoms with van der Waals surface area (Å²) in [6.07, 6.45) is 0.309. The third kappa shape index (κ3) is 5.36. The number of rotatable bonds is 8. The quantitative estimate of drug-likeness (QED) is 0.356. The van der Waals surface area contributed by atoms with Crippen LogP contribution in [0.25, 0.3) is 10.2 Å². The Kier molecular flexibility index (Phi) is 7.28. The highest BCUT2D eigenvalue weighted by atomic mass is 32.2. The lowest BCUT2D eigenvalue weighted by atomic mass is 10.0. The number of nitrogens with zero attached hydrogens (tertiary/aromatic N) is 2. The highest BCUT2D eigenvalue weighted by Crippen LogP contribution is 2.34. The molecule has 152 valence electrons. The number of para-hydroxylation sites is 1. The second-order valence-electron chi connectivity index (χ2n) is 6.82. The molecule has 0 bridgehead atoms. The van der Waals surface area contributed by atoms with E-state index in [1.165, 1.54) is 35.8 Å². The second-order valence-corrected chi connectivity index (χ2v) is 8.93. The third-order valence-corrected chi connectivity index (χ3v) is 6.40. The van der Waals surface area contributed by atoms with Crippen molar-refractivity contribution in [3.05, 3.63) is 54.1 Å². The van der Waals surface area contributed by atoms with Crippen LogP contribution in [0.1, 0.15) is 31.7 Å². The number of aromatic nitrogens is 1. The van der Waals surface area contributed by atoms with Crippen LogP contribution in [0.15, 0.2) is 48.5 Å². The van der Waals surface area contributed by atoms with Gasteiger partial charge in [-0.15, -0.1) is 11.8 Å². The zero-order valence-corrected chi connectivity index (χ0v) is 18.4. The topological polar surface area (TPSA) is 59.5 Å². The minimum atomic E-state index is -0.283. The Morgan fingerprint density at radius 2 is 1.86 bits per heavy atom. The number of benzene rings is 2.